The molecule has 0 atom stereocenters. The van der Waals surface area contributed by atoms with E-state index in [0.29, 0.717) is 13.1 Å². The summed E-state index contributed by atoms with van der Waals surface area (Å²) in [5, 5.41) is 8.97. The first-order chi connectivity index (χ1) is 11.0. The van der Waals surface area contributed by atoms with Crippen LogP contribution in [0.4, 0.5) is 16.2 Å². The number of carbonyl (C=O) groups excluding carboxylic acids is 1. The van der Waals surface area contributed by atoms with E-state index in [2.05, 4.69) is 41.7 Å². The van der Waals surface area contributed by atoms with Gasteiger partial charge < -0.3 is 16.0 Å². The number of rotatable bonds is 5. The van der Waals surface area contributed by atoms with Crippen LogP contribution in [0.5, 0.6) is 0 Å². The zero-order valence-electron chi connectivity index (χ0n) is 13.9. The molecule has 2 amide bonds. The highest BCUT2D eigenvalue weighted by Gasteiger charge is 2.18. The SMILES string of the molecule is CC(C)(C)c1ccccc1NC(=O)NCCNc1cccnc1. The number of carbonyl (C=O) groups is 1. The highest BCUT2D eigenvalue weighted by atomic mass is 16.2. The highest BCUT2D eigenvalue weighted by molar-refractivity contribution is 5.90. The third kappa shape index (κ3) is 5.29. The summed E-state index contributed by atoms with van der Waals surface area (Å²) < 4.78 is 0. The molecule has 0 saturated carbocycles. The number of nitrogens with one attached hydrogen (secondary N) is 3. The maximum atomic E-state index is 12.0. The van der Waals surface area contributed by atoms with Crippen molar-refractivity contribution in [2.45, 2.75) is 26.2 Å². The van der Waals surface area contributed by atoms with Crippen molar-refractivity contribution in [3.05, 3.63) is 54.4 Å². The zero-order valence-corrected chi connectivity index (χ0v) is 13.9. The lowest BCUT2D eigenvalue weighted by molar-refractivity contribution is 0.252. The van der Waals surface area contributed by atoms with Crippen molar-refractivity contribution in [1.29, 1.82) is 0 Å². The third-order valence-electron chi connectivity index (χ3n) is 3.38. The van der Waals surface area contributed by atoms with Crippen molar-refractivity contribution in [3.8, 4) is 0 Å². The second-order valence-corrected chi connectivity index (χ2v) is 6.34. The summed E-state index contributed by atoms with van der Waals surface area (Å²) in [5.41, 5.74) is 2.88. The minimum absolute atomic E-state index is 0.0221. The van der Waals surface area contributed by atoms with Crippen LogP contribution in [0.1, 0.15) is 26.3 Å². The van der Waals surface area contributed by atoms with Crippen LogP contribution in [0.2, 0.25) is 0 Å². The van der Waals surface area contributed by atoms with Crippen LogP contribution in [0.25, 0.3) is 0 Å². The molecule has 0 saturated heterocycles. The van der Waals surface area contributed by atoms with Gasteiger partial charge in [-0.25, -0.2) is 4.79 Å². The lowest BCUT2D eigenvalue weighted by atomic mass is 9.86. The van der Waals surface area contributed by atoms with Gasteiger partial charge in [-0.2, -0.15) is 0 Å². The van der Waals surface area contributed by atoms with Gasteiger partial charge >= 0.3 is 6.03 Å². The lowest BCUT2D eigenvalue weighted by Gasteiger charge is -2.23. The number of hydrogen-bond donors (Lipinski definition) is 3. The standard InChI is InChI=1S/C18H24N4O/c1-18(2,3)15-8-4-5-9-16(15)22-17(23)21-12-11-20-14-7-6-10-19-13-14/h4-10,13,20H,11-12H2,1-3H3,(H2,21,22,23). The quantitative estimate of drug-likeness (QED) is 0.739. The summed E-state index contributed by atoms with van der Waals surface area (Å²) >= 11 is 0. The van der Waals surface area contributed by atoms with Crippen LogP contribution in [0, 0.1) is 0 Å². The number of nitrogens with zero attached hydrogens (tertiary/aromatic N) is 1. The average Bonchev–Trinajstić information content (AvgIpc) is 2.52. The molecule has 0 unspecified atom stereocenters. The molecule has 23 heavy (non-hydrogen) atoms. The Balaban J connectivity index is 1.81. The van der Waals surface area contributed by atoms with Crippen LogP contribution in [0.15, 0.2) is 48.8 Å². The van der Waals surface area contributed by atoms with Crippen LogP contribution in [0.3, 0.4) is 0 Å². The predicted octanol–water partition coefficient (Wildman–Crippen LogP) is 3.61. The molecule has 1 aromatic carbocycles. The van der Waals surface area contributed by atoms with Gasteiger partial charge in [0.1, 0.15) is 0 Å². The summed E-state index contributed by atoms with van der Waals surface area (Å²) in [5.74, 6) is 0. The molecule has 2 aromatic rings. The zero-order chi connectivity index (χ0) is 16.7. The molecular formula is C18H24N4O. The summed E-state index contributed by atoms with van der Waals surface area (Å²) in [6, 6.07) is 11.5. The minimum Gasteiger partial charge on any atom is -0.382 e. The molecule has 0 aliphatic carbocycles. The Bertz CT molecular complexity index is 635. The second-order valence-electron chi connectivity index (χ2n) is 6.34. The van der Waals surface area contributed by atoms with Gasteiger partial charge in [-0.05, 0) is 29.2 Å². The molecule has 0 fully saturated rings. The number of anilines is 2. The molecule has 122 valence electrons. The number of para-hydroxylation sites is 1. The van der Waals surface area contributed by atoms with Crippen LogP contribution in [-0.4, -0.2) is 24.1 Å². The van der Waals surface area contributed by atoms with E-state index in [9.17, 15) is 4.79 Å². The van der Waals surface area contributed by atoms with Gasteiger partial charge in [-0.3, -0.25) is 4.98 Å². The molecule has 5 heteroatoms. The Labute approximate surface area is 137 Å². The Kier molecular flexibility index (Phi) is 5.57. The van der Waals surface area contributed by atoms with Gasteiger partial charge in [0.05, 0.1) is 5.69 Å². The average molecular weight is 312 g/mol. The van der Waals surface area contributed by atoms with Gasteiger partial charge in [-0.15, -0.1) is 0 Å². The van der Waals surface area contributed by atoms with Crippen molar-refractivity contribution in [1.82, 2.24) is 10.3 Å². The van der Waals surface area contributed by atoms with E-state index in [1.54, 1.807) is 12.4 Å². The molecule has 1 aromatic heterocycles. The maximum Gasteiger partial charge on any atom is 0.319 e. The topological polar surface area (TPSA) is 66.1 Å². The van der Waals surface area contributed by atoms with E-state index in [0.717, 1.165) is 16.9 Å². The van der Waals surface area contributed by atoms with Gasteiger partial charge in [-0.1, -0.05) is 39.0 Å². The smallest absolute Gasteiger partial charge is 0.319 e. The van der Waals surface area contributed by atoms with E-state index < -0.39 is 0 Å². The molecule has 0 radical (unpaired) electrons. The maximum absolute atomic E-state index is 12.0. The highest BCUT2D eigenvalue weighted by Crippen LogP contribution is 2.29. The Hall–Kier alpha value is -2.56. The lowest BCUT2D eigenvalue weighted by Crippen LogP contribution is -2.33. The fourth-order valence-corrected chi connectivity index (χ4v) is 2.26. The molecule has 0 spiro atoms. The number of benzene rings is 1. The first-order valence-electron chi connectivity index (χ1n) is 7.75. The molecule has 3 N–H and O–H groups in total. The van der Waals surface area contributed by atoms with Crippen molar-refractivity contribution in [2.75, 3.05) is 23.7 Å². The number of aromatic nitrogens is 1. The molecule has 1 heterocycles. The van der Waals surface area contributed by atoms with Gasteiger partial charge in [0.15, 0.2) is 0 Å². The fourth-order valence-electron chi connectivity index (χ4n) is 2.26. The van der Waals surface area contributed by atoms with Crippen molar-refractivity contribution >= 4 is 17.4 Å². The van der Waals surface area contributed by atoms with Crippen molar-refractivity contribution in [3.63, 3.8) is 0 Å². The number of amides is 2. The summed E-state index contributed by atoms with van der Waals surface area (Å²) in [7, 11) is 0. The van der Waals surface area contributed by atoms with Crippen LogP contribution >= 0.6 is 0 Å². The summed E-state index contributed by atoms with van der Waals surface area (Å²) in [6.07, 6.45) is 3.48. The molecule has 0 aliphatic rings. The van der Waals surface area contributed by atoms with E-state index in [1.165, 1.54) is 0 Å². The van der Waals surface area contributed by atoms with E-state index in [4.69, 9.17) is 0 Å². The van der Waals surface area contributed by atoms with Crippen LogP contribution < -0.4 is 16.0 Å². The molecule has 0 bridgehead atoms. The first-order valence-corrected chi connectivity index (χ1v) is 7.75. The predicted molar refractivity (Wildman–Crippen MR) is 94.9 cm³/mol. The Morgan fingerprint density at radius 1 is 1.09 bits per heavy atom. The number of urea groups is 1. The summed E-state index contributed by atoms with van der Waals surface area (Å²) in [6.45, 7) is 7.55. The Morgan fingerprint density at radius 3 is 2.57 bits per heavy atom. The van der Waals surface area contributed by atoms with Gasteiger partial charge in [0.25, 0.3) is 0 Å². The van der Waals surface area contributed by atoms with Crippen LogP contribution in [-0.2, 0) is 5.41 Å². The molecular weight excluding hydrogens is 288 g/mol. The largest absolute Gasteiger partial charge is 0.382 e. The number of hydrogen-bond acceptors (Lipinski definition) is 3. The molecule has 0 aliphatic heterocycles. The van der Waals surface area contributed by atoms with E-state index in [1.807, 2.05) is 36.4 Å². The minimum atomic E-state index is -0.199. The second kappa shape index (κ2) is 7.63. The van der Waals surface area contributed by atoms with Gasteiger partial charge in [0.2, 0.25) is 0 Å². The van der Waals surface area contributed by atoms with E-state index in [-0.39, 0.29) is 11.4 Å². The fraction of sp³-hybridized carbons (Fsp3) is 0.333. The van der Waals surface area contributed by atoms with Crippen molar-refractivity contribution in [2.24, 2.45) is 0 Å². The number of pyridine rings is 1. The third-order valence-corrected chi connectivity index (χ3v) is 3.38. The molecule has 5 nitrogen and oxygen atoms in total. The normalized spacial score (nSPS) is 10.9. The summed E-state index contributed by atoms with van der Waals surface area (Å²) in [4.78, 5) is 16.1. The van der Waals surface area contributed by atoms with Gasteiger partial charge in [0, 0.05) is 31.2 Å². The first kappa shape index (κ1) is 16.8. The molecule has 2 rings (SSSR count). The Morgan fingerprint density at radius 2 is 1.87 bits per heavy atom. The van der Waals surface area contributed by atoms with E-state index >= 15 is 0 Å². The van der Waals surface area contributed by atoms with Crippen molar-refractivity contribution < 1.29 is 4.79 Å². The monoisotopic (exact) mass is 312 g/mol.